The number of anilines is 1. The molecule has 0 fully saturated rings. The van der Waals surface area contributed by atoms with Crippen molar-refractivity contribution in [2.75, 3.05) is 19.0 Å². The molecule has 0 spiro atoms. The summed E-state index contributed by atoms with van der Waals surface area (Å²) < 4.78 is 39.5. The van der Waals surface area contributed by atoms with E-state index in [9.17, 15) is 13.2 Å². The van der Waals surface area contributed by atoms with Crippen LogP contribution in [0.3, 0.4) is 0 Å². The Hall–Kier alpha value is -1.96. The Labute approximate surface area is 142 Å². The number of nitriles is 1. The molecule has 0 bridgehead atoms. The summed E-state index contributed by atoms with van der Waals surface area (Å²) in [4.78, 5) is 0. The Bertz CT molecular complexity index is 616. The molecule has 0 saturated heterocycles. The van der Waals surface area contributed by atoms with Gasteiger partial charge in [0.25, 0.3) is 0 Å². The molecule has 1 heterocycles. The molecule has 0 aliphatic rings. The SMILES string of the molecule is CNC/C(=C\NNNc1cn(CC(C)(C)C#N)nc1Cl)C(F)(F)F. The predicted octanol–water partition coefficient (Wildman–Crippen LogP) is 2.17. The lowest BCUT2D eigenvalue weighted by atomic mass is 9.96. The van der Waals surface area contributed by atoms with Crippen molar-refractivity contribution in [1.29, 1.82) is 5.26 Å². The van der Waals surface area contributed by atoms with Crippen LogP contribution in [-0.4, -0.2) is 29.5 Å². The lowest BCUT2D eigenvalue weighted by Gasteiger charge is -2.14. The van der Waals surface area contributed by atoms with Gasteiger partial charge in [-0.2, -0.15) is 29.1 Å². The first-order valence-corrected chi connectivity index (χ1v) is 7.28. The molecule has 11 heteroatoms. The molecule has 134 valence electrons. The van der Waals surface area contributed by atoms with Crippen molar-refractivity contribution in [2.24, 2.45) is 5.41 Å². The zero-order valence-corrected chi connectivity index (χ0v) is 14.2. The van der Waals surface area contributed by atoms with Gasteiger partial charge in [-0.15, -0.1) is 0 Å². The van der Waals surface area contributed by atoms with E-state index in [2.05, 4.69) is 32.9 Å². The van der Waals surface area contributed by atoms with Gasteiger partial charge in [-0.05, 0) is 20.9 Å². The molecule has 0 radical (unpaired) electrons. The number of hydrogen-bond donors (Lipinski definition) is 4. The van der Waals surface area contributed by atoms with Crippen LogP contribution < -0.4 is 21.7 Å². The molecule has 0 atom stereocenters. The van der Waals surface area contributed by atoms with Crippen LogP contribution in [-0.2, 0) is 6.54 Å². The van der Waals surface area contributed by atoms with Gasteiger partial charge in [0.15, 0.2) is 5.15 Å². The third kappa shape index (κ3) is 6.27. The van der Waals surface area contributed by atoms with E-state index >= 15 is 0 Å². The molecular formula is C13H19ClF3N7. The number of halogens is 4. The Morgan fingerprint density at radius 3 is 2.67 bits per heavy atom. The third-order valence-corrected chi connectivity index (χ3v) is 3.10. The molecule has 0 unspecified atom stereocenters. The maximum Gasteiger partial charge on any atom is 0.415 e. The Kier molecular flexibility index (Phi) is 6.89. The van der Waals surface area contributed by atoms with Gasteiger partial charge in [-0.1, -0.05) is 11.6 Å². The standard InChI is InChI=1S/C13H19ClF3N7/c1-12(2,7-18)8-24-6-10(11(14)22-24)21-23-20-5-9(4-19-3)13(15,16)17/h5-6,19-21,23H,4,8H2,1-3H3/b9-5+. The number of hydrogen-bond acceptors (Lipinski definition) is 6. The zero-order chi connectivity index (χ0) is 18.4. The van der Waals surface area contributed by atoms with Crippen LogP contribution in [0.5, 0.6) is 0 Å². The summed E-state index contributed by atoms with van der Waals surface area (Å²) >= 11 is 5.93. The second kappa shape index (κ2) is 8.23. The van der Waals surface area contributed by atoms with E-state index in [1.54, 1.807) is 13.8 Å². The van der Waals surface area contributed by atoms with E-state index < -0.39 is 17.2 Å². The summed E-state index contributed by atoms with van der Waals surface area (Å²) in [6, 6.07) is 2.14. The topological polar surface area (TPSA) is 89.7 Å². The van der Waals surface area contributed by atoms with E-state index in [4.69, 9.17) is 16.9 Å². The van der Waals surface area contributed by atoms with E-state index in [-0.39, 0.29) is 11.7 Å². The van der Waals surface area contributed by atoms with Crippen molar-refractivity contribution < 1.29 is 13.2 Å². The number of nitrogens with zero attached hydrogens (tertiary/aromatic N) is 3. The number of hydrazine groups is 2. The summed E-state index contributed by atoms with van der Waals surface area (Å²) in [5.74, 6) is 0. The fourth-order valence-corrected chi connectivity index (χ4v) is 1.85. The van der Waals surface area contributed by atoms with Crippen molar-refractivity contribution in [3.63, 3.8) is 0 Å². The molecule has 1 aromatic heterocycles. The normalized spacial score (nSPS) is 12.8. The number of likely N-dealkylation sites (N-methyl/N-ethyl adjacent to an activating group) is 1. The van der Waals surface area contributed by atoms with Gasteiger partial charge in [0, 0.05) is 12.7 Å². The highest BCUT2D eigenvalue weighted by Gasteiger charge is 2.32. The first kappa shape index (κ1) is 20.1. The zero-order valence-electron chi connectivity index (χ0n) is 13.4. The molecule has 0 saturated carbocycles. The lowest BCUT2D eigenvalue weighted by Crippen LogP contribution is -2.35. The molecule has 0 aliphatic carbocycles. The van der Waals surface area contributed by atoms with Crippen LogP contribution in [0.4, 0.5) is 18.9 Å². The molecule has 24 heavy (non-hydrogen) atoms. The van der Waals surface area contributed by atoms with Crippen LogP contribution in [0.1, 0.15) is 13.8 Å². The fraction of sp³-hybridized carbons (Fsp3) is 0.538. The molecule has 0 amide bonds. The van der Waals surface area contributed by atoms with E-state index in [1.165, 1.54) is 17.9 Å². The highest BCUT2D eigenvalue weighted by atomic mass is 35.5. The largest absolute Gasteiger partial charge is 0.415 e. The van der Waals surface area contributed by atoms with Crippen molar-refractivity contribution in [3.8, 4) is 6.07 Å². The van der Waals surface area contributed by atoms with Gasteiger partial charge in [-0.3, -0.25) is 10.1 Å². The fourth-order valence-electron chi connectivity index (χ4n) is 1.65. The molecule has 0 aromatic carbocycles. The Balaban J connectivity index is 2.63. The number of alkyl halides is 3. The van der Waals surface area contributed by atoms with Crippen molar-refractivity contribution in [2.45, 2.75) is 26.6 Å². The Morgan fingerprint density at radius 2 is 2.12 bits per heavy atom. The van der Waals surface area contributed by atoms with Crippen LogP contribution >= 0.6 is 11.6 Å². The summed E-state index contributed by atoms with van der Waals surface area (Å²) in [5.41, 5.74) is 6.22. The van der Waals surface area contributed by atoms with Gasteiger partial charge in [-0.25, -0.2) is 0 Å². The molecule has 4 N–H and O–H groups in total. The molecular weight excluding hydrogens is 347 g/mol. The Morgan fingerprint density at radius 1 is 1.46 bits per heavy atom. The quantitative estimate of drug-likeness (QED) is 0.417. The highest BCUT2D eigenvalue weighted by molar-refractivity contribution is 6.31. The summed E-state index contributed by atoms with van der Waals surface area (Å²) in [7, 11) is 1.42. The van der Waals surface area contributed by atoms with E-state index in [0.717, 1.165) is 6.20 Å². The van der Waals surface area contributed by atoms with Crippen molar-refractivity contribution >= 4 is 17.3 Å². The van der Waals surface area contributed by atoms with Crippen LogP contribution in [0.25, 0.3) is 0 Å². The van der Waals surface area contributed by atoms with Crippen molar-refractivity contribution in [3.05, 3.63) is 23.1 Å². The number of rotatable bonds is 8. The number of nitrogens with one attached hydrogen (secondary N) is 4. The first-order chi connectivity index (χ1) is 11.1. The summed E-state index contributed by atoms with van der Waals surface area (Å²) in [6.45, 7) is 3.49. The maximum atomic E-state index is 12.7. The maximum absolute atomic E-state index is 12.7. The molecule has 7 nitrogen and oxygen atoms in total. The summed E-state index contributed by atoms with van der Waals surface area (Å²) in [5, 5.41) is 15.6. The first-order valence-electron chi connectivity index (χ1n) is 6.90. The van der Waals surface area contributed by atoms with Crippen LogP contribution in [0.2, 0.25) is 5.15 Å². The minimum absolute atomic E-state index is 0.119. The molecule has 1 rings (SSSR count). The third-order valence-electron chi connectivity index (χ3n) is 2.82. The second-order valence-corrected chi connectivity index (χ2v) is 5.98. The smallest absolute Gasteiger partial charge is 0.316 e. The minimum Gasteiger partial charge on any atom is -0.316 e. The van der Waals surface area contributed by atoms with Crippen LogP contribution in [0.15, 0.2) is 18.0 Å². The van der Waals surface area contributed by atoms with Gasteiger partial charge in [0.2, 0.25) is 0 Å². The highest BCUT2D eigenvalue weighted by Crippen LogP contribution is 2.24. The average molecular weight is 366 g/mol. The van der Waals surface area contributed by atoms with Gasteiger partial charge >= 0.3 is 6.18 Å². The van der Waals surface area contributed by atoms with Gasteiger partial charge in [0.1, 0.15) is 5.69 Å². The van der Waals surface area contributed by atoms with Crippen LogP contribution in [0, 0.1) is 16.7 Å². The lowest BCUT2D eigenvalue weighted by molar-refractivity contribution is -0.0932. The van der Waals surface area contributed by atoms with Crippen molar-refractivity contribution in [1.82, 2.24) is 26.1 Å². The molecule has 0 aliphatic heterocycles. The minimum atomic E-state index is -4.44. The van der Waals surface area contributed by atoms with Gasteiger partial charge in [0.05, 0.1) is 29.8 Å². The predicted molar refractivity (Wildman–Crippen MR) is 84.6 cm³/mol. The molecule has 1 aromatic rings. The monoisotopic (exact) mass is 365 g/mol. The van der Waals surface area contributed by atoms with E-state index in [1.807, 2.05) is 0 Å². The number of aromatic nitrogens is 2. The summed E-state index contributed by atoms with van der Waals surface area (Å²) in [6.07, 6.45) is -2.11. The average Bonchev–Trinajstić information content (AvgIpc) is 2.80. The van der Waals surface area contributed by atoms with Gasteiger partial charge < -0.3 is 10.7 Å². The second-order valence-electron chi connectivity index (χ2n) is 5.62. The van der Waals surface area contributed by atoms with E-state index in [0.29, 0.717) is 12.2 Å².